The minimum Gasteiger partial charge on any atom is -0.484 e. The second-order valence-electron chi connectivity index (χ2n) is 5.05. The largest absolute Gasteiger partial charge is 0.484 e. The molecule has 0 aromatic heterocycles. The molecule has 5 nitrogen and oxygen atoms in total. The summed E-state index contributed by atoms with van der Waals surface area (Å²) in [5, 5.41) is 0. The van der Waals surface area contributed by atoms with Crippen molar-refractivity contribution in [2.24, 2.45) is 5.73 Å². The van der Waals surface area contributed by atoms with E-state index in [1.165, 1.54) is 29.2 Å². The number of benzene rings is 2. The van der Waals surface area contributed by atoms with E-state index < -0.39 is 5.91 Å². The number of hydrogen-bond acceptors (Lipinski definition) is 3. The van der Waals surface area contributed by atoms with Crippen molar-refractivity contribution >= 4 is 11.8 Å². The third-order valence-corrected chi connectivity index (χ3v) is 3.26. The predicted octanol–water partition coefficient (Wildman–Crippen LogP) is 1.96. The Balaban J connectivity index is 1.86. The average molecular weight is 316 g/mol. The number of amides is 2. The quantitative estimate of drug-likeness (QED) is 0.885. The Morgan fingerprint density at radius 1 is 1.09 bits per heavy atom. The van der Waals surface area contributed by atoms with Crippen LogP contribution in [0.4, 0.5) is 4.39 Å². The third kappa shape index (κ3) is 4.81. The van der Waals surface area contributed by atoms with Crippen LogP contribution in [0.5, 0.6) is 5.75 Å². The van der Waals surface area contributed by atoms with Gasteiger partial charge in [0, 0.05) is 19.2 Å². The molecule has 2 N–H and O–H groups in total. The zero-order valence-corrected chi connectivity index (χ0v) is 12.7. The fourth-order valence-electron chi connectivity index (χ4n) is 1.92. The van der Waals surface area contributed by atoms with E-state index in [1.807, 2.05) is 0 Å². The van der Waals surface area contributed by atoms with Gasteiger partial charge in [-0.05, 0) is 42.0 Å². The molecule has 0 atom stereocenters. The second-order valence-corrected chi connectivity index (χ2v) is 5.05. The zero-order chi connectivity index (χ0) is 16.8. The predicted molar refractivity (Wildman–Crippen MR) is 83.3 cm³/mol. The van der Waals surface area contributed by atoms with Gasteiger partial charge in [-0.1, -0.05) is 12.1 Å². The highest BCUT2D eigenvalue weighted by Gasteiger charge is 2.10. The molecule has 0 bridgehead atoms. The molecule has 2 aromatic rings. The van der Waals surface area contributed by atoms with Crippen LogP contribution in [0.2, 0.25) is 0 Å². The van der Waals surface area contributed by atoms with Gasteiger partial charge >= 0.3 is 0 Å². The third-order valence-electron chi connectivity index (χ3n) is 3.26. The van der Waals surface area contributed by atoms with Crippen molar-refractivity contribution in [3.05, 3.63) is 65.5 Å². The average Bonchev–Trinajstić information content (AvgIpc) is 2.55. The van der Waals surface area contributed by atoms with Crippen LogP contribution >= 0.6 is 0 Å². The molecule has 0 heterocycles. The lowest BCUT2D eigenvalue weighted by molar-refractivity contribution is -0.132. The summed E-state index contributed by atoms with van der Waals surface area (Å²) in [6.45, 7) is 0.233. The van der Waals surface area contributed by atoms with Crippen molar-refractivity contribution in [3.8, 4) is 5.75 Å². The van der Waals surface area contributed by atoms with Gasteiger partial charge < -0.3 is 15.4 Å². The van der Waals surface area contributed by atoms with E-state index in [-0.39, 0.29) is 18.3 Å². The van der Waals surface area contributed by atoms with E-state index in [0.717, 1.165) is 5.56 Å². The van der Waals surface area contributed by atoms with Gasteiger partial charge in [0.25, 0.3) is 5.91 Å². The first kappa shape index (κ1) is 16.5. The second kappa shape index (κ2) is 7.40. The van der Waals surface area contributed by atoms with Crippen molar-refractivity contribution in [2.75, 3.05) is 13.7 Å². The topological polar surface area (TPSA) is 72.6 Å². The molecule has 23 heavy (non-hydrogen) atoms. The maximum Gasteiger partial charge on any atom is 0.260 e. The van der Waals surface area contributed by atoms with E-state index in [4.69, 9.17) is 10.5 Å². The Bertz CT molecular complexity index is 684. The van der Waals surface area contributed by atoms with E-state index in [2.05, 4.69) is 0 Å². The number of ether oxygens (including phenoxy) is 1. The first-order valence-corrected chi connectivity index (χ1v) is 6.97. The first-order chi connectivity index (χ1) is 11.0. The Labute approximate surface area is 133 Å². The van der Waals surface area contributed by atoms with E-state index in [9.17, 15) is 14.0 Å². The molecule has 2 rings (SSSR count). The summed E-state index contributed by atoms with van der Waals surface area (Å²) in [4.78, 5) is 24.5. The monoisotopic (exact) mass is 316 g/mol. The van der Waals surface area contributed by atoms with Gasteiger partial charge in [-0.25, -0.2) is 4.39 Å². The maximum atomic E-state index is 12.8. The number of carbonyl (C=O) groups is 2. The number of likely N-dealkylation sites (N-methyl/N-ethyl adjacent to an activating group) is 1. The SMILES string of the molecule is CN(Cc1ccc(F)cc1)C(=O)COc1ccc(C(N)=O)cc1. The zero-order valence-electron chi connectivity index (χ0n) is 12.7. The summed E-state index contributed by atoms with van der Waals surface area (Å²) in [5.41, 5.74) is 6.34. The molecule has 0 fully saturated rings. The van der Waals surface area contributed by atoms with Crippen molar-refractivity contribution < 1.29 is 18.7 Å². The minimum absolute atomic E-state index is 0.131. The summed E-state index contributed by atoms with van der Waals surface area (Å²) >= 11 is 0. The number of primary amides is 1. The smallest absolute Gasteiger partial charge is 0.260 e. The van der Waals surface area contributed by atoms with Crippen LogP contribution in [0.15, 0.2) is 48.5 Å². The normalized spacial score (nSPS) is 10.2. The van der Waals surface area contributed by atoms with Crippen LogP contribution in [-0.4, -0.2) is 30.4 Å². The summed E-state index contributed by atoms with van der Waals surface area (Å²) in [5.74, 6) is -0.580. The maximum absolute atomic E-state index is 12.8. The highest BCUT2D eigenvalue weighted by Crippen LogP contribution is 2.12. The molecule has 0 saturated carbocycles. The van der Waals surface area contributed by atoms with Gasteiger partial charge in [-0.2, -0.15) is 0 Å². The van der Waals surface area contributed by atoms with Crippen molar-refractivity contribution in [3.63, 3.8) is 0 Å². The molecule has 120 valence electrons. The number of halogens is 1. The van der Waals surface area contributed by atoms with Crippen LogP contribution in [0.25, 0.3) is 0 Å². The summed E-state index contributed by atoms with van der Waals surface area (Å²) in [7, 11) is 1.64. The highest BCUT2D eigenvalue weighted by atomic mass is 19.1. The lowest BCUT2D eigenvalue weighted by atomic mass is 10.2. The van der Waals surface area contributed by atoms with Crippen LogP contribution in [0, 0.1) is 5.82 Å². The molecule has 2 amide bonds. The van der Waals surface area contributed by atoms with Crippen LogP contribution in [0.3, 0.4) is 0 Å². The lowest BCUT2D eigenvalue weighted by Gasteiger charge is -2.17. The highest BCUT2D eigenvalue weighted by molar-refractivity contribution is 5.92. The molecular weight excluding hydrogens is 299 g/mol. The van der Waals surface area contributed by atoms with Gasteiger partial charge in [0.15, 0.2) is 6.61 Å². The Morgan fingerprint density at radius 3 is 2.26 bits per heavy atom. The van der Waals surface area contributed by atoms with E-state index >= 15 is 0 Å². The molecule has 0 aliphatic rings. The fraction of sp³-hybridized carbons (Fsp3) is 0.176. The Morgan fingerprint density at radius 2 is 1.70 bits per heavy atom. The molecule has 2 aromatic carbocycles. The molecule has 0 radical (unpaired) electrons. The number of carbonyl (C=O) groups excluding carboxylic acids is 2. The molecule has 0 spiro atoms. The molecule has 0 aliphatic carbocycles. The molecular formula is C17H17FN2O3. The number of nitrogens with two attached hydrogens (primary N) is 1. The number of nitrogens with zero attached hydrogens (tertiary/aromatic N) is 1. The van der Waals surface area contributed by atoms with Gasteiger partial charge in [0.1, 0.15) is 11.6 Å². The molecule has 0 saturated heterocycles. The van der Waals surface area contributed by atoms with Crippen molar-refractivity contribution in [1.29, 1.82) is 0 Å². The van der Waals surface area contributed by atoms with E-state index in [1.54, 1.807) is 31.3 Å². The van der Waals surface area contributed by atoms with Crippen LogP contribution in [0.1, 0.15) is 15.9 Å². The number of hydrogen-bond donors (Lipinski definition) is 1. The standard InChI is InChI=1S/C17H17FN2O3/c1-20(10-12-2-6-14(18)7-3-12)16(21)11-23-15-8-4-13(5-9-15)17(19)22/h2-9H,10-11H2,1H3,(H2,19,22). The van der Waals surface area contributed by atoms with Gasteiger partial charge in [-0.15, -0.1) is 0 Å². The van der Waals surface area contributed by atoms with Gasteiger partial charge in [-0.3, -0.25) is 9.59 Å². The van der Waals surface area contributed by atoms with Crippen LogP contribution in [-0.2, 0) is 11.3 Å². The summed E-state index contributed by atoms with van der Waals surface area (Å²) < 4.78 is 18.2. The van der Waals surface area contributed by atoms with Gasteiger partial charge in [0.05, 0.1) is 0 Å². The van der Waals surface area contributed by atoms with Crippen LogP contribution < -0.4 is 10.5 Å². The fourth-order valence-corrected chi connectivity index (χ4v) is 1.92. The van der Waals surface area contributed by atoms with Crippen molar-refractivity contribution in [2.45, 2.75) is 6.54 Å². The Hall–Kier alpha value is -2.89. The molecule has 6 heteroatoms. The Kier molecular flexibility index (Phi) is 5.30. The van der Waals surface area contributed by atoms with Crippen molar-refractivity contribution in [1.82, 2.24) is 4.90 Å². The summed E-state index contributed by atoms with van der Waals surface area (Å²) in [6.07, 6.45) is 0. The first-order valence-electron chi connectivity index (χ1n) is 6.97. The molecule has 0 aliphatic heterocycles. The molecule has 0 unspecified atom stereocenters. The van der Waals surface area contributed by atoms with E-state index in [0.29, 0.717) is 17.9 Å². The van der Waals surface area contributed by atoms with Gasteiger partial charge in [0.2, 0.25) is 5.91 Å². The number of rotatable bonds is 6. The lowest BCUT2D eigenvalue weighted by Crippen LogP contribution is -2.30. The summed E-state index contributed by atoms with van der Waals surface area (Å²) in [6, 6.07) is 12.2. The minimum atomic E-state index is -0.522.